The molecule has 24 heavy (non-hydrogen) atoms. The summed E-state index contributed by atoms with van der Waals surface area (Å²) in [5.74, 6) is -0.560. The second kappa shape index (κ2) is 8.65. The Balaban J connectivity index is 2.12. The molecule has 0 radical (unpaired) electrons. The van der Waals surface area contributed by atoms with E-state index in [1.807, 2.05) is 36.6 Å². The molecule has 0 aliphatic heterocycles. The predicted octanol–water partition coefficient (Wildman–Crippen LogP) is 5.17. The van der Waals surface area contributed by atoms with Gasteiger partial charge in [0.25, 0.3) is 5.91 Å². The first-order valence-electron chi connectivity index (χ1n) is 6.80. The first kappa shape index (κ1) is 18.2. The summed E-state index contributed by atoms with van der Waals surface area (Å²) >= 11 is 13.4. The zero-order chi connectivity index (χ0) is 17.5. The summed E-state index contributed by atoms with van der Waals surface area (Å²) in [5, 5.41) is 15.5. The average Bonchev–Trinajstić information content (AvgIpc) is 2.58. The quantitative estimate of drug-likeness (QED) is 0.428. The molecule has 0 fully saturated rings. The third-order valence-corrected chi connectivity index (χ3v) is 4.27. The van der Waals surface area contributed by atoms with Crippen LogP contribution in [0.25, 0.3) is 0 Å². The Labute approximate surface area is 154 Å². The number of hydrogen-bond donors (Lipinski definition) is 2. The van der Waals surface area contributed by atoms with Crippen LogP contribution in [0.1, 0.15) is 0 Å². The van der Waals surface area contributed by atoms with Crippen LogP contribution >= 0.6 is 35.0 Å². The van der Waals surface area contributed by atoms with Crippen molar-refractivity contribution < 1.29 is 4.79 Å². The van der Waals surface area contributed by atoms with Gasteiger partial charge in [0.2, 0.25) is 0 Å². The van der Waals surface area contributed by atoms with E-state index in [-0.39, 0.29) is 5.57 Å². The van der Waals surface area contributed by atoms with Gasteiger partial charge in [0.15, 0.2) is 0 Å². The molecule has 2 N–H and O–H groups in total. The number of rotatable bonds is 5. The summed E-state index contributed by atoms with van der Waals surface area (Å²) in [6.45, 7) is 0. The molecule has 7 heteroatoms. The summed E-state index contributed by atoms with van der Waals surface area (Å²) < 4.78 is 0. The fourth-order valence-corrected chi connectivity index (χ4v) is 2.71. The van der Waals surface area contributed by atoms with Gasteiger partial charge in [-0.25, -0.2) is 0 Å². The number of thioether (sulfide) groups is 1. The highest BCUT2D eigenvalue weighted by Gasteiger charge is 2.11. The summed E-state index contributed by atoms with van der Waals surface area (Å²) in [6.07, 6.45) is 3.33. The molecule has 0 saturated heterocycles. The summed E-state index contributed by atoms with van der Waals surface area (Å²) in [4.78, 5) is 13.3. The second-order valence-corrected chi connectivity index (χ2v) is 6.35. The Morgan fingerprint density at radius 3 is 2.71 bits per heavy atom. The number of benzene rings is 2. The van der Waals surface area contributed by atoms with Crippen molar-refractivity contribution in [1.82, 2.24) is 0 Å². The maximum Gasteiger partial charge on any atom is 0.267 e. The van der Waals surface area contributed by atoms with Crippen LogP contribution in [-0.2, 0) is 4.79 Å². The van der Waals surface area contributed by atoms with E-state index in [0.717, 1.165) is 10.6 Å². The van der Waals surface area contributed by atoms with Gasteiger partial charge >= 0.3 is 0 Å². The second-order valence-electron chi connectivity index (χ2n) is 4.62. The maximum atomic E-state index is 12.2. The van der Waals surface area contributed by atoms with E-state index < -0.39 is 5.91 Å². The van der Waals surface area contributed by atoms with Gasteiger partial charge in [0.1, 0.15) is 11.6 Å². The van der Waals surface area contributed by atoms with E-state index >= 15 is 0 Å². The molecule has 0 bridgehead atoms. The van der Waals surface area contributed by atoms with Crippen molar-refractivity contribution in [3.05, 3.63) is 64.3 Å². The molecule has 2 rings (SSSR count). The predicted molar refractivity (Wildman–Crippen MR) is 101 cm³/mol. The third kappa shape index (κ3) is 4.93. The third-order valence-electron chi connectivity index (χ3n) is 3.00. The lowest BCUT2D eigenvalue weighted by Gasteiger charge is -2.07. The van der Waals surface area contributed by atoms with E-state index in [1.54, 1.807) is 23.9 Å². The number of amides is 1. The zero-order valence-electron chi connectivity index (χ0n) is 12.6. The minimum absolute atomic E-state index is 0.0735. The SMILES string of the molecule is CSc1cccc(N/C=C(/C#N)C(=O)Nc2ccc(Cl)cc2Cl)c1. The molecular formula is C17H13Cl2N3OS. The van der Waals surface area contributed by atoms with Crippen LogP contribution in [0.4, 0.5) is 11.4 Å². The number of hydrogen-bond acceptors (Lipinski definition) is 4. The van der Waals surface area contributed by atoms with E-state index in [9.17, 15) is 10.1 Å². The number of carbonyl (C=O) groups excluding carboxylic acids is 1. The van der Waals surface area contributed by atoms with Gasteiger partial charge in [-0.15, -0.1) is 11.8 Å². The molecule has 0 saturated carbocycles. The van der Waals surface area contributed by atoms with Crippen molar-refractivity contribution in [2.24, 2.45) is 0 Å². The van der Waals surface area contributed by atoms with Crippen LogP contribution in [0.5, 0.6) is 0 Å². The molecule has 2 aromatic carbocycles. The largest absolute Gasteiger partial charge is 0.360 e. The van der Waals surface area contributed by atoms with E-state index in [2.05, 4.69) is 10.6 Å². The van der Waals surface area contributed by atoms with Crippen LogP contribution in [0.15, 0.2) is 59.1 Å². The fourth-order valence-electron chi connectivity index (χ4n) is 1.80. The van der Waals surface area contributed by atoms with Gasteiger partial charge in [0, 0.05) is 21.8 Å². The molecule has 0 unspecified atom stereocenters. The molecule has 122 valence electrons. The molecule has 0 aliphatic rings. The van der Waals surface area contributed by atoms with Gasteiger partial charge in [-0.3, -0.25) is 4.79 Å². The average molecular weight is 378 g/mol. The summed E-state index contributed by atoms with van der Waals surface area (Å²) in [5.41, 5.74) is 1.10. The highest BCUT2D eigenvalue weighted by Crippen LogP contribution is 2.25. The number of nitriles is 1. The Morgan fingerprint density at radius 2 is 2.04 bits per heavy atom. The highest BCUT2D eigenvalue weighted by molar-refractivity contribution is 7.98. The van der Waals surface area contributed by atoms with Crippen LogP contribution < -0.4 is 10.6 Å². The lowest BCUT2D eigenvalue weighted by atomic mass is 10.2. The van der Waals surface area contributed by atoms with Crippen molar-refractivity contribution in [3.63, 3.8) is 0 Å². The van der Waals surface area contributed by atoms with Crippen LogP contribution in [0.3, 0.4) is 0 Å². The molecule has 0 aliphatic carbocycles. The molecule has 0 aromatic heterocycles. The number of nitrogens with one attached hydrogen (secondary N) is 2. The zero-order valence-corrected chi connectivity index (χ0v) is 15.0. The Hall–Kier alpha value is -2.13. The number of halogens is 2. The Kier molecular flexibility index (Phi) is 6.56. The molecule has 1 amide bonds. The Bertz CT molecular complexity index is 831. The summed E-state index contributed by atoms with van der Waals surface area (Å²) in [6, 6.07) is 14.2. The first-order valence-corrected chi connectivity index (χ1v) is 8.79. The topological polar surface area (TPSA) is 64.9 Å². The van der Waals surface area contributed by atoms with E-state index in [4.69, 9.17) is 23.2 Å². The van der Waals surface area contributed by atoms with Crippen LogP contribution in [0.2, 0.25) is 10.0 Å². The first-order chi connectivity index (χ1) is 11.5. The van der Waals surface area contributed by atoms with Crippen molar-refractivity contribution >= 4 is 52.2 Å². The monoisotopic (exact) mass is 377 g/mol. The van der Waals surface area contributed by atoms with E-state index in [1.165, 1.54) is 12.3 Å². The summed E-state index contributed by atoms with van der Waals surface area (Å²) in [7, 11) is 0. The van der Waals surface area contributed by atoms with Crippen molar-refractivity contribution in [2.75, 3.05) is 16.9 Å². The van der Waals surface area contributed by atoms with Crippen molar-refractivity contribution in [1.29, 1.82) is 5.26 Å². The van der Waals surface area contributed by atoms with Gasteiger partial charge in [-0.1, -0.05) is 29.3 Å². The fraction of sp³-hybridized carbons (Fsp3) is 0.0588. The van der Waals surface area contributed by atoms with Gasteiger partial charge in [-0.2, -0.15) is 5.26 Å². The molecule has 4 nitrogen and oxygen atoms in total. The minimum Gasteiger partial charge on any atom is -0.360 e. The number of anilines is 2. The van der Waals surface area contributed by atoms with Gasteiger partial charge in [-0.05, 0) is 42.7 Å². The molecule has 0 atom stereocenters. The normalized spacial score (nSPS) is 10.8. The highest BCUT2D eigenvalue weighted by atomic mass is 35.5. The molecule has 0 heterocycles. The standard InChI is InChI=1S/C17H13Cl2N3OS/c1-24-14-4-2-3-13(8-14)21-10-11(9-20)17(23)22-16-6-5-12(18)7-15(16)19/h2-8,10,21H,1H3,(H,22,23)/b11-10-. The minimum atomic E-state index is -0.560. The van der Waals surface area contributed by atoms with Crippen LogP contribution in [0, 0.1) is 11.3 Å². The van der Waals surface area contributed by atoms with Gasteiger partial charge < -0.3 is 10.6 Å². The molecule has 0 spiro atoms. The number of nitrogens with zero attached hydrogens (tertiary/aromatic N) is 1. The van der Waals surface area contributed by atoms with Gasteiger partial charge in [0.05, 0.1) is 10.7 Å². The number of carbonyl (C=O) groups is 1. The van der Waals surface area contributed by atoms with Crippen molar-refractivity contribution in [3.8, 4) is 6.07 Å². The van der Waals surface area contributed by atoms with E-state index in [0.29, 0.717) is 15.7 Å². The van der Waals surface area contributed by atoms with Crippen LogP contribution in [-0.4, -0.2) is 12.2 Å². The van der Waals surface area contributed by atoms with Crippen molar-refractivity contribution in [2.45, 2.75) is 4.90 Å². The smallest absolute Gasteiger partial charge is 0.267 e. The molecule has 2 aromatic rings. The Morgan fingerprint density at radius 1 is 1.25 bits per heavy atom. The lowest BCUT2D eigenvalue weighted by Crippen LogP contribution is -2.14. The maximum absolute atomic E-state index is 12.2. The lowest BCUT2D eigenvalue weighted by molar-refractivity contribution is -0.112. The molecular weight excluding hydrogens is 365 g/mol.